The Morgan fingerprint density at radius 2 is 1.09 bits per heavy atom. The second kappa shape index (κ2) is 10.8. The van der Waals surface area contributed by atoms with Gasteiger partial charge in [0.15, 0.2) is 0 Å². The van der Waals surface area contributed by atoms with Crippen LogP contribution in [0.15, 0.2) is 182 Å². The first-order valence-corrected chi connectivity index (χ1v) is 18.7. The molecular formula is C51H33N3. The predicted molar refractivity (Wildman–Crippen MR) is 222 cm³/mol. The van der Waals surface area contributed by atoms with Gasteiger partial charge in [0, 0.05) is 22.0 Å². The molecule has 0 saturated heterocycles. The molecule has 1 atom stereocenters. The topological polar surface area (TPSA) is 22.8 Å². The average Bonchev–Trinajstić information content (AvgIpc) is 3.88. The molecule has 0 amide bonds. The van der Waals surface area contributed by atoms with Crippen LogP contribution in [0, 0.1) is 6.92 Å². The summed E-state index contributed by atoms with van der Waals surface area (Å²) in [5, 5.41) is 2.59. The molecule has 0 bridgehead atoms. The molecule has 0 saturated carbocycles. The number of hydrogen-bond donors (Lipinski definition) is 0. The first-order chi connectivity index (χ1) is 26.7. The van der Waals surface area contributed by atoms with Gasteiger partial charge in [-0.2, -0.15) is 0 Å². The Morgan fingerprint density at radius 3 is 1.96 bits per heavy atom. The number of aryl methyl sites for hydroxylation is 1. The molecule has 252 valence electrons. The molecule has 1 aliphatic carbocycles. The summed E-state index contributed by atoms with van der Waals surface area (Å²) < 4.78 is 4.80. The Balaban J connectivity index is 1.07. The van der Waals surface area contributed by atoms with E-state index in [0.717, 1.165) is 28.1 Å². The number of para-hydroxylation sites is 5. The Hall–Kier alpha value is -6.97. The van der Waals surface area contributed by atoms with E-state index < -0.39 is 5.41 Å². The molecule has 0 N–H and O–H groups in total. The third-order valence-corrected chi connectivity index (χ3v) is 12.0. The van der Waals surface area contributed by atoms with Crippen LogP contribution in [-0.4, -0.2) is 14.1 Å². The number of imidazole rings is 1. The zero-order valence-electron chi connectivity index (χ0n) is 29.7. The minimum Gasteiger partial charge on any atom is -0.309 e. The molecule has 54 heavy (non-hydrogen) atoms. The Bertz CT molecular complexity index is 3160. The van der Waals surface area contributed by atoms with E-state index in [1.165, 1.54) is 77.6 Å². The standard InChI is InChI=1S/C51H33N3/c1-32-21-23-34(24-22-32)50-52-45-17-6-9-20-48(45)53(50)36-28-25-33(26-29-36)35-27-30-38-37-11-2-4-14-41(37)51(44(38)31-35)42-15-5-8-19-47(42)54-46-18-7-3-12-39(46)40-13-10-16-43(51)49(40)54/h2-31H,1H3. The third-order valence-electron chi connectivity index (χ3n) is 12.0. The van der Waals surface area contributed by atoms with Crippen molar-refractivity contribution in [1.29, 1.82) is 0 Å². The molecule has 2 aliphatic rings. The van der Waals surface area contributed by atoms with E-state index in [4.69, 9.17) is 4.98 Å². The SMILES string of the molecule is Cc1ccc(-c2nc3ccccc3n2-c2ccc(-c3ccc4c(c3)C3(c5ccccc5-4)c4ccccc4-n4c5ccccc5c5cccc3c54)cc2)cc1. The Morgan fingerprint density at radius 1 is 0.444 bits per heavy atom. The van der Waals surface area contributed by atoms with E-state index in [-0.39, 0.29) is 0 Å². The molecule has 12 rings (SSSR count). The largest absolute Gasteiger partial charge is 0.309 e. The summed E-state index contributed by atoms with van der Waals surface area (Å²) in [5.74, 6) is 0.948. The van der Waals surface area contributed by atoms with Crippen molar-refractivity contribution in [2.24, 2.45) is 0 Å². The molecule has 1 unspecified atom stereocenters. The maximum atomic E-state index is 5.10. The minimum absolute atomic E-state index is 0.471. The van der Waals surface area contributed by atoms with Gasteiger partial charge in [0.2, 0.25) is 0 Å². The summed E-state index contributed by atoms with van der Waals surface area (Å²) in [6.45, 7) is 2.12. The van der Waals surface area contributed by atoms with E-state index in [1.807, 2.05) is 0 Å². The molecule has 8 aromatic carbocycles. The first kappa shape index (κ1) is 29.6. The fraction of sp³-hybridized carbons (Fsp3) is 0.0392. The summed E-state index contributed by atoms with van der Waals surface area (Å²) in [6.07, 6.45) is 0. The molecule has 3 nitrogen and oxygen atoms in total. The van der Waals surface area contributed by atoms with Crippen LogP contribution in [0.3, 0.4) is 0 Å². The second-order valence-electron chi connectivity index (χ2n) is 14.8. The first-order valence-electron chi connectivity index (χ1n) is 18.7. The van der Waals surface area contributed by atoms with Gasteiger partial charge in [-0.3, -0.25) is 4.57 Å². The van der Waals surface area contributed by atoms with Gasteiger partial charge in [0.1, 0.15) is 5.82 Å². The van der Waals surface area contributed by atoms with E-state index in [2.05, 4.69) is 198 Å². The van der Waals surface area contributed by atoms with Gasteiger partial charge in [-0.15, -0.1) is 0 Å². The van der Waals surface area contributed by atoms with Crippen molar-refractivity contribution in [2.75, 3.05) is 0 Å². The number of aromatic nitrogens is 3. The predicted octanol–water partition coefficient (Wildman–Crippen LogP) is 12.4. The number of hydrogen-bond acceptors (Lipinski definition) is 1. The highest BCUT2D eigenvalue weighted by Crippen LogP contribution is 2.61. The van der Waals surface area contributed by atoms with Gasteiger partial charge in [-0.25, -0.2) is 4.98 Å². The van der Waals surface area contributed by atoms with Gasteiger partial charge in [0.05, 0.1) is 33.2 Å². The molecule has 0 fully saturated rings. The van der Waals surface area contributed by atoms with Gasteiger partial charge in [0.25, 0.3) is 0 Å². The van der Waals surface area contributed by atoms with E-state index >= 15 is 0 Å². The number of benzene rings is 8. The van der Waals surface area contributed by atoms with Crippen molar-refractivity contribution in [1.82, 2.24) is 14.1 Å². The van der Waals surface area contributed by atoms with Crippen LogP contribution in [0.25, 0.3) is 77.9 Å². The summed E-state index contributed by atoms with van der Waals surface area (Å²) in [4.78, 5) is 5.10. The highest BCUT2D eigenvalue weighted by molar-refractivity contribution is 6.12. The quantitative estimate of drug-likeness (QED) is 0.181. The maximum absolute atomic E-state index is 5.10. The lowest BCUT2D eigenvalue weighted by Gasteiger charge is -2.39. The zero-order chi connectivity index (χ0) is 35.5. The maximum Gasteiger partial charge on any atom is 0.145 e. The van der Waals surface area contributed by atoms with E-state index in [1.54, 1.807) is 0 Å². The highest BCUT2D eigenvalue weighted by atomic mass is 15.1. The van der Waals surface area contributed by atoms with Gasteiger partial charge < -0.3 is 4.57 Å². The van der Waals surface area contributed by atoms with Crippen molar-refractivity contribution >= 4 is 32.8 Å². The molecule has 0 radical (unpaired) electrons. The number of rotatable bonds is 3. The lowest BCUT2D eigenvalue weighted by Crippen LogP contribution is -2.33. The monoisotopic (exact) mass is 687 g/mol. The van der Waals surface area contributed by atoms with Crippen molar-refractivity contribution in [2.45, 2.75) is 12.3 Å². The fourth-order valence-electron chi connectivity index (χ4n) is 9.73. The van der Waals surface area contributed by atoms with Crippen molar-refractivity contribution in [3.05, 3.63) is 210 Å². The fourth-order valence-corrected chi connectivity index (χ4v) is 9.73. The summed E-state index contributed by atoms with van der Waals surface area (Å²) >= 11 is 0. The molecule has 10 aromatic rings. The van der Waals surface area contributed by atoms with Crippen LogP contribution in [-0.2, 0) is 5.41 Å². The zero-order valence-corrected chi connectivity index (χ0v) is 29.7. The van der Waals surface area contributed by atoms with Crippen LogP contribution in [0.5, 0.6) is 0 Å². The third kappa shape index (κ3) is 3.78. The van der Waals surface area contributed by atoms with Crippen LogP contribution >= 0.6 is 0 Å². The van der Waals surface area contributed by atoms with Gasteiger partial charge in [-0.05, 0) is 93.9 Å². The summed E-state index contributed by atoms with van der Waals surface area (Å²) in [5.41, 5.74) is 19.2. The van der Waals surface area contributed by atoms with E-state index in [9.17, 15) is 0 Å². The number of nitrogens with zero attached hydrogens (tertiary/aromatic N) is 3. The molecule has 2 aromatic heterocycles. The van der Waals surface area contributed by atoms with Crippen LogP contribution in [0.2, 0.25) is 0 Å². The molecule has 1 aliphatic heterocycles. The lowest BCUT2D eigenvalue weighted by atomic mass is 9.65. The Labute approximate surface area is 313 Å². The van der Waals surface area contributed by atoms with Crippen LogP contribution < -0.4 is 0 Å². The highest BCUT2D eigenvalue weighted by Gasteiger charge is 2.50. The minimum atomic E-state index is -0.471. The molecule has 3 heteroatoms. The average molecular weight is 688 g/mol. The van der Waals surface area contributed by atoms with Crippen LogP contribution in [0.1, 0.15) is 27.8 Å². The van der Waals surface area contributed by atoms with Gasteiger partial charge >= 0.3 is 0 Å². The number of fused-ring (bicyclic) bond motifs is 13. The van der Waals surface area contributed by atoms with Crippen molar-refractivity contribution in [3.8, 4) is 45.0 Å². The smallest absolute Gasteiger partial charge is 0.145 e. The second-order valence-corrected chi connectivity index (χ2v) is 14.8. The van der Waals surface area contributed by atoms with Crippen molar-refractivity contribution in [3.63, 3.8) is 0 Å². The van der Waals surface area contributed by atoms with Gasteiger partial charge in [-0.1, -0.05) is 145 Å². The normalized spacial score (nSPS) is 15.2. The lowest BCUT2D eigenvalue weighted by molar-refractivity contribution is 0.749. The molecular weight excluding hydrogens is 655 g/mol. The molecule has 1 spiro atoms. The molecule has 3 heterocycles. The summed E-state index contributed by atoms with van der Waals surface area (Å²) in [7, 11) is 0. The van der Waals surface area contributed by atoms with Crippen LogP contribution in [0.4, 0.5) is 0 Å². The van der Waals surface area contributed by atoms with E-state index in [0.29, 0.717) is 0 Å². The Kier molecular flexibility index (Phi) is 5.91. The summed E-state index contributed by atoms with van der Waals surface area (Å²) in [6, 6.07) is 67.2. The van der Waals surface area contributed by atoms with Crippen molar-refractivity contribution < 1.29 is 0 Å².